The van der Waals surface area contributed by atoms with E-state index in [-0.39, 0.29) is 18.8 Å². The zero-order chi connectivity index (χ0) is 11.1. The number of rotatable bonds is 2. The van der Waals surface area contributed by atoms with Crippen LogP contribution in [0, 0.1) is 0 Å². The van der Waals surface area contributed by atoms with Crippen LogP contribution in [0.3, 0.4) is 0 Å². The lowest BCUT2D eigenvalue weighted by atomic mass is 9.81. The molecular formula is C10H12F2N2O. The van der Waals surface area contributed by atoms with Gasteiger partial charge in [-0.15, -0.1) is 0 Å². The van der Waals surface area contributed by atoms with E-state index in [2.05, 4.69) is 10.1 Å². The molecule has 0 saturated heterocycles. The van der Waals surface area contributed by atoms with E-state index in [0.717, 1.165) is 5.57 Å². The lowest BCUT2D eigenvalue weighted by molar-refractivity contribution is -0.0925. The number of nitrogens with zero attached hydrogens (tertiary/aromatic N) is 2. The molecule has 5 heteroatoms. The van der Waals surface area contributed by atoms with Gasteiger partial charge in [-0.25, -0.2) is 8.78 Å². The fourth-order valence-electron chi connectivity index (χ4n) is 1.53. The quantitative estimate of drug-likeness (QED) is 0.759. The second-order valence-corrected chi connectivity index (χ2v) is 3.89. The zero-order valence-electron chi connectivity index (χ0n) is 8.63. The summed E-state index contributed by atoms with van der Waals surface area (Å²) in [6, 6.07) is 0. The molecule has 1 aromatic rings. The maximum absolute atomic E-state index is 12.6. The molecule has 0 unspecified atom stereocenters. The van der Waals surface area contributed by atoms with Gasteiger partial charge >= 0.3 is 0 Å². The monoisotopic (exact) mass is 214 g/mol. The first-order valence-corrected chi connectivity index (χ1v) is 4.86. The Bertz CT molecular complexity index is 390. The summed E-state index contributed by atoms with van der Waals surface area (Å²) in [5.74, 6) is -2.00. The molecule has 15 heavy (non-hydrogen) atoms. The van der Waals surface area contributed by atoms with Crippen LogP contribution in [0.25, 0.3) is 5.57 Å². The van der Waals surface area contributed by atoms with Crippen molar-refractivity contribution in [3.8, 4) is 0 Å². The number of hydrogen-bond donors (Lipinski definition) is 0. The van der Waals surface area contributed by atoms with Crippen molar-refractivity contribution in [1.29, 1.82) is 0 Å². The van der Waals surface area contributed by atoms with Gasteiger partial charge < -0.3 is 4.52 Å². The number of hydrogen-bond acceptors (Lipinski definition) is 3. The van der Waals surface area contributed by atoms with Crippen LogP contribution < -0.4 is 0 Å². The Morgan fingerprint density at radius 3 is 2.73 bits per heavy atom. The van der Waals surface area contributed by atoms with Crippen LogP contribution in [0.5, 0.6) is 0 Å². The van der Waals surface area contributed by atoms with Crippen LogP contribution >= 0.6 is 0 Å². The standard InChI is InChI=1S/C10H12F2N2O/c1-3-6(2)8-13-9(15-14-8)7-4-10(11,12)5-7/h3,7H,4-5H2,1-2H3. The number of alkyl halides is 2. The minimum atomic E-state index is -2.55. The highest BCUT2D eigenvalue weighted by Crippen LogP contribution is 2.47. The van der Waals surface area contributed by atoms with Gasteiger partial charge in [0, 0.05) is 18.8 Å². The van der Waals surface area contributed by atoms with Gasteiger partial charge in [-0.2, -0.15) is 4.98 Å². The molecule has 0 N–H and O–H groups in total. The smallest absolute Gasteiger partial charge is 0.249 e. The summed E-state index contributed by atoms with van der Waals surface area (Å²) in [5.41, 5.74) is 0.885. The van der Waals surface area contributed by atoms with E-state index < -0.39 is 5.92 Å². The van der Waals surface area contributed by atoms with Crippen molar-refractivity contribution in [3.05, 3.63) is 17.8 Å². The SMILES string of the molecule is CC=C(C)c1noc(C2CC(F)(F)C2)n1. The third kappa shape index (κ3) is 1.91. The lowest BCUT2D eigenvalue weighted by Crippen LogP contribution is -2.33. The van der Waals surface area contributed by atoms with Crippen molar-refractivity contribution in [3.63, 3.8) is 0 Å². The van der Waals surface area contributed by atoms with E-state index in [1.165, 1.54) is 0 Å². The first-order chi connectivity index (χ1) is 7.02. The summed E-state index contributed by atoms with van der Waals surface area (Å²) in [5, 5.41) is 3.74. The predicted molar refractivity (Wildman–Crippen MR) is 50.5 cm³/mol. The lowest BCUT2D eigenvalue weighted by Gasteiger charge is -2.31. The van der Waals surface area contributed by atoms with E-state index in [1.807, 2.05) is 19.9 Å². The first-order valence-electron chi connectivity index (χ1n) is 4.86. The minimum Gasteiger partial charge on any atom is -0.339 e. The molecule has 1 aliphatic rings. The largest absolute Gasteiger partial charge is 0.339 e. The van der Waals surface area contributed by atoms with E-state index in [1.54, 1.807) is 0 Å². The molecule has 1 aromatic heterocycles. The maximum Gasteiger partial charge on any atom is 0.249 e. The first kappa shape index (κ1) is 10.3. The number of aromatic nitrogens is 2. The van der Waals surface area contributed by atoms with Crippen LogP contribution in [0.2, 0.25) is 0 Å². The van der Waals surface area contributed by atoms with Crippen LogP contribution in [0.1, 0.15) is 44.3 Å². The van der Waals surface area contributed by atoms with Gasteiger partial charge in [-0.05, 0) is 19.4 Å². The highest BCUT2D eigenvalue weighted by Gasteiger charge is 2.48. The molecular weight excluding hydrogens is 202 g/mol. The van der Waals surface area contributed by atoms with Gasteiger partial charge in [0.1, 0.15) is 0 Å². The average molecular weight is 214 g/mol. The van der Waals surface area contributed by atoms with E-state index in [0.29, 0.717) is 11.7 Å². The Labute approximate surface area is 86.2 Å². The fourth-order valence-corrected chi connectivity index (χ4v) is 1.53. The van der Waals surface area contributed by atoms with Gasteiger partial charge in [0.15, 0.2) is 5.82 Å². The van der Waals surface area contributed by atoms with Crippen molar-refractivity contribution in [2.45, 2.75) is 38.5 Å². The molecule has 0 amide bonds. The summed E-state index contributed by atoms with van der Waals surface area (Å²) in [6.07, 6.45) is 1.50. The third-order valence-electron chi connectivity index (χ3n) is 2.67. The molecule has 3 nitrogen and oxygen atoms in total. The molecule has 0 aromatic carbocycles. The predicted octanol–water partition coefficient (Wildman–Crippen LogP) is 3.01. The van der Waals surface area contributed by atoms with Crippen molar-refractivity contribution in [2.24, 2.45) is 0 Å². The average Bonchev–Trinajstić information content (AvgIpc) is 2.61. The zero-order valence-corrected chi connectivity index (χ0v) is 8.63. The highest BCUT2D eigenvalue weighted by molar-refractivity contribution is 5.56. The molecule has 82 valence electrons. The molecule has 1 fully saturated rings. The molecule has 1 heterocycles. The van der Waals surface area contributed by atoms with Crippen molar-refractivity contribution < 1.29 is 13.3 Å². The van der Waals surface area contributed by atoms with E-state index in [4.69, 9.17) is 4.52 Å². The van der Waals surface area contributed by atoms with Gasteiger partial charge in [0.2, 0.25) is 11.8 Å². The van der Waals surface area contributed by atoms with Crippen molar-refractivity contribution >= 4 is 5.57 Å². The van der Waals surface area contributed by atoms with Crippen LogP contribution in [-0.4, -0.2) is 16.1 Å². The molecule has 0 aliphatic heterocycles. The topological polar surface area (TPSA) is 38.9 Å². The Balaban J connectivity index is 2.09. The molecule has 1 saturated carbocycles. The Morgan fingerprint density at radius 1 is 1.53 bits per heavy atom. The van der Waals surface area contributed by atoms with Gasteiger partial charge in [0.25, 0.3) is 0 Å². The Hall–Kier alpha value is -1.26. The van der Waals surface area contributed by atoms with Crippen molar-refractivity contribution in [1.82, 2.24) is 10.1 Å². The summed E-state index contributed by atoms with van der Waals surface area (Å²) in [4.78, 5) is 4.09. The minimum absolute atomic E-state index is 0.177. The maximum atomic E-state index is 12.6. The van der Waals surface area contributed by atoms with E-state index >= 15 is 0 Å². The van der Waals surface area contributed by atoms with Crippen molar-refractivity contribution in [2.75, 3.05) is 0 Å². The van der Waals surface area contributed by atoms with Gasteiger partial charge in [-0.1, -0.05) is 11.2 Å². The van der Waals surface area contributed by atoms with E-state index in [9.17, 15) is 8.78 Å². The van der Waals surface area contributed by atoms with Crippen LogP contribution in [-0.2, 0) is 0 Å². The normalized spacial score (nSPS) is 21.5. The summed E-state index contributed by atoms with van der Waals surface area (Å²) in [6.45, 7) is 3.72. The highest BCUT2D eigenvalue weighted by atomic mass is 19.3. The molecule has 0 atom stereocenters. The van der Waals surface area contributed by atoms with Crippen LogP contribution in [0.15, 0.2) is 10.6 Å². The Morgan fingerprint density at radius 2 is 2.20 bits per heavy atom. The number of halogens is 2. The second kappa shape index (κ2) is 3.40. The Kier molecular flexibility index (Phi) is 2.32. The summed E-state index contributed by atoms with van der Waals surface area (Å²) < 4.78 is 30.2. The molecule has 2 rings (SSSR count). The van der Waals surface area contributed by atoms with Gasteiger partial charge in [0.05, 0.1) is 0 Å². The summed E-state index contributed by atoms with van der Waals surface area (Å²) in [7, 11) is 0. The fraction of sp³-hybridized carbons (Fsp3) is 0.600. The number of allylic oxidation sites excluding steroid dienone is 2. The van der Waals surface area contributed by atoms with Crippen LogP contribution in [0.4, 0.5) is 8.78 Å². The second-order valence-electron chi connectivity index (χ2n) is 3.89. The third-order valence-corrected chi connectivity index (χ3v) is 2.67. The summed E-state index contributed by atoms with van der Waals surface area (Å²) >= 11 is 0. The molecule has 0 bridgehead atoms. The molecule has 1 aliphatic carbocycles. The van der Waals surface area contributed by atoms with Gasteiger partial charge in [-0.3, -0.25) is 0 Å². The molecule has 0 radical (unpaired) electrons. The molecule has 0 spiro atoms.